The van der Waals surface area contributed by atoms with E-state index in [0.717, 1.165) is 5.56 Å². The Labute approximate surface area is 136 Å². The molecule has 0 aliphatic carbocycles. The van der Waals surface area contributed by atoms with Gasteiger partial charge in [-0.2, -0.15) is 5.26 Å². The van der Waals surface area contributed by atoms with Crippen LogP contribution in [0.25, 0.3) is 28.9 Å². The number of hydrogen-bond acceptors (Lipinski definition) is 6. The maximum absolute atomic E-state index is 9.12. The zero-order chi connectivity index (χ0) is 16.4. The van der Waals surface area contributed by atoms with Crippen molar-refractivity contribution in [1.82, 2.24) is 24.7 Å². The van der Waals surface area contributed by atoms with E-state index >= 15 is 0 Å². The Balaban J connectivity index is 1.73. The molecule has 0 fully saturated rings. The number of rotatable bonds is 3. The Morgan fingerprint density at radius 1 is 0.958 bits per heavy atom. The van der Waals surface area contributed by atoms with Gasteiger partial charge in [-0.25, -0.2) is 4.98 Å². The van der Waals surface area contributed by atoms with Crippen LogP contribution in [0, 0.1) is 11.3 Å². The van der Waals surface area contributed by atoms with Crippen LogP contribution in [0.15, 0.2) is 65.5 Å². The van der Waals surface area contributed by atoms with Crippen LogP contribution in [-0.2, 0) is 0 Å². The standard InChI is InChI=1S/C17H10N6O/c18-9-13-7-4-8-23(13)15-11-19-10-14(20-15)17-22-21-16(24-17)12-5-2-1-3-6-12/h1-8,10-11H. The van der Waals surface area contributed by atoms with Gasteiger partial charge in [0.1, 0.15) is 17.5 Å². The second kappa shape index (κ2) is 5.78. The molecule has 3 aromatic heterocycles. The molecule has 4 aromatic rings. The predicted molar refractivity (Wildman–Crippen MR) is 84.8 cm³/mol. The summed E-state index contributed by atoms with van der Waals surface area (Å²) in [6.45, 7) is 0. The minimum absolute atomic E-state index is 0.272. The monoisotopic (exact) mass is 314 g/mol. The summed E-state index contributed by atoms with van der Waals surface area (Å²) in [5.74, 6) is 1.19. The van der Waals surface area contributed by atoms with Gasteiger partial charge in [-0.3, -0.25) is 9.55 Å². The Morgan fingerprint density at radius 2 is 1.79 bits per heavy atom. The first-order chi connectivity index (χ1) is 11.8. The van der Waals surface area contributed by atoms with Crippen molar-refractivity contribution in [2.24, 2.45) is 0 Å². The quantitative estimate of drug-likeness (QED) is 0.577. The molecule has 4 rings (SSSR count). The first-order valence-corrected chi connectivity index (χ1v) is 7.14. The molecule has 0 unspecified atom stereocenters. The molecular formula is C17H10N6O. The summed E-state index contributed by atoms with van der Waals surface area (Å²) in [4.78, 5) is 8.61. The van der Waals surface area contributed by atoms with Crippen molar-refractivity contribution in [3.63, 3.8) is 0 Å². The highest BCUT2D eigenvalue weighted by molar-refractivity contribution is 5.55. The van der Waals surface area contributed by atoms with Crippen LogP contribution in [0.1, 0.15) is 5.69 Å². The Kier molecular flexibility index (Phi) is 3.33. The van der Waals surface area contributed by atoms with Gasteiger partial charge in [0, 0.05) is 11.8 Å². The average Bonchev–Trinajstić information content (AvgIpc) is 3.32. The summed E-state index contributed by atoms with van der Waals surface area (Å²) in [6, 6.07) is 15.1. The van der Waals surface area contributed by atoms with Gasteiger partial charge >= 0.3 is 0 Å². The minimum Gasteiger partial charge on any atom is -0.415 e. The molecule has 0 radical (unpaired) electrons. The van der Waals surface area contributed by atoms with E-state index in [-0.39, 0.29) is 5.89 Å². The summed E-state index contributed by atoms with van der Waals surface area (Å²) in [7, 11) is 0. The SMILES string of the molecule is N#Cc1cccn1-c1cncc(-c2nnc(-c3ccccc3)o2)n1. The Morgan fingerprint density at radius 3 is 2.62 bits per heavy atom. The lowest BCUT2D eigenvalue weighted by Gasteiger charge is -2.03. The zero-order valence-corrected chi connectivity index (χ0v) is 12.4. The largest absolute Gasteiger partial charge is 0.415 e. The number of benzene rings is 1. The van der Waals surface area contributed by atoms with Crippen molar-refractivity contribution in [3.05, 3.63) is 66.7 Å². The molecule has 114 valence electrons. The molecule has 0 aliphatic rings. The molecule has 0 spiro atoms. The van der Waals surface area contributed by atoms with Gasteiger partial charge in [0.15, 0.2) is 5.82 Å². The summed E-state index contributed by atoms with van der Waals surface area (Å²) < 4.78 is 7.33. The second-order valence-electron chi connectivity index (χ2n) is 4.92. The maximum atomic E-state index is 9.12. The highest BCUT2D eigenvalue weighted by Crippen LogP contribution is 2.22. The summed E-state index contributed by atoms with van der Waals surface area (Å²) in [5, 5.41) is 17.2. The first kappa shape index (κ1) is 13.8. The number of hydrogen-bond donors (Lipinski definition) is 0. The predicted octanol–water partition coefficient (Wildman–Crippen LogP) is 2.86. The topological polar surface area (TPSA) is 93.4 Å². The van der Waals surface area contributed by atoms with E-state index in [4.69, 9.17) is 9.68 Å². The minimum atomic E-state index is 0.272. The fourth-order valence-electron chi connectivity index (χ4n) is 2.27. The molecule has 0 amide bonds. The van der Waals surface area contributed by atoms with Crippen LogP contribution in [-0.4, -0.2) is 24.7 Å². The smallest absolute Gasteiger partial charge is 0.268 e. The van der Waals surface area contributed by atoms with E-state index in [1.54, 1.807) is 35.3 Å². The van der Waals surface area contributed by atoms with Gasteiger partial charge in [-0.1, -0.05) is 18.2 Å². The van der Waals surface area contributed by atoms with Crippen LogP contribution in [0.5, 0.6) is 0 Å². The molecule has 1 aromatic carbocycles. The van der Waals surface area contributed by atoms with Gasteiger partial charge < -0.3 is 4.42 Å². The molecule has 0 N–H and O–H groups in total. The first-order valence-electron chi connectivity index (χ1n) is 7.14. The molecule has 0 atom stereocenters. The third kappa shape index (κ3) is 2.42. The summed E-state index contributed by atoms with van der Waals surface area (Å²) in [6.07, 6.45) is 4.86. The van der Waals surface area contributed by atoms with Gasteiger partial charge in [0.05, 0.1) is 12.4 Å². The van der Waals surface area contributed by atoms with Gasteiger partial charge in [-0.05, 0) is 24.3 Å². The van der Waals surface area contributed by atoms with Crippen molar-refractivity contribution in [3.8, 4) is 34.9 Å². The van der Waals surface area contributed by atoms with Crippen molar-refractivity contribution in [2.45, 2.75) is 0 Å². The lowest BCUT2D eigenvalue weighted by Crippen LogP contribution is -2.00. The van der Waals surface area contributed by atoms with Crippen LogP contribution >= 0.6 is 0 Å². The fraction of sp³-hybridized carbons (Fsp3) is 0. The molecular weight excluding hydrogens is 304 g/mol. The number of nitriles is 1. The third-order valence-corrected chi connectivity index (χ3v) is 3.40. The van der Waals surface area contributed by atoms with E-state index in [9.17, 15) is 0 Å². The summed E-state index contributed by atoms with van der Waals surface area (Å²) >= 11 is 0. The van der Waals surface area contributed by atoms with E-state index in [0.29, 0.717) is 23.1 Å². The van der Waals surface area contributed by atoms with Crippen molar-refractivity contribution >= 4 is 0 Å². The Hall–Kier alpha value is -3.79. The van der Waals surface area contributed by atoms with E-state index < -0.39 is 0 Å². The van der Waals surface area contributed by atoms with E-state index in [2.05, 4.69) is 26.2 Å². The molecule has 24 heavy (non-hydrogen) atoms. The van der Waals surface area contributed by atoms with E-state index in [1.807, 2.05) is 30.3 Å². The highest BCUT2D eigenvalue weighted by atomic mass is 16.4. The molecule has 0 saturated carbocycles. The molecule has 0 bridgehead atoms. The molecule has 7 heteroatoms. The van der Waals surface area contributed by atoms with E-state index in [1.165, 1.54) is 0 Å². The zero-order valence-electron chi connectivity index (χ0n) is 12.4. The van der Waals surface area contributed by atoms with Crippen LogP contribution in [0.2, 0.25) is 0 Å². The lowest BCUT2D eigenvalue weighted by atomic mass is 10.2. The average molecular weight is 314 g/mol. The van der Waals surface area contributed by atoms with Crippen LogP contribution in [0.4, 0.5) is 0 Å². The van der Waals surface area contributed by atoms with Crippen LogP contribution in [0.3, 0.4) is 0 Å². The van der Waals surface area contributed by atoms with Gasteiger partial charge in [-0.15, -0.1) is 10.2 Å². The van der Waals surface area contributed by atoms with Gasteiger partial charge in [0.2, 0.25) is 5.89 Å². The highest BCUT2D eigenvalue weighted by Gasteiger charge is 2.13. The number of aromatic nitrogens is 5. The number of nitrogens with zero attached hydrogens (tertiary/aromatic N) is 6. The van der Waals surface area contributed by atoms with Crippen molar-refractivity contribution < 1.29 is 4.42 Å². The normalized spacial score (nSPS) is 10.5. The summed E-state index contributed by atoms with van der Waals surface area (Å²) in [5.41, 5.74) is 1.74. The molecule has 0 saturated heterocycles. The lowest BCUT2D eigenvalue weighted by molar-refractivity contribution is 0.581. The fourth-order valence-corrected chi connectivity index (χ4v) is 2.27. The molecule has 0 aliphatic heterocycles. The molecule has 3 heterocycles. The van der Waals surface area contributed by atoms with Gasteiger partial charge in [0.25, 0.3) is 5.89 Å². The Bertz CT molecular complexity index is 1030. The maximum Gasteiger partial charge on any atom is 0.268 e. The molecule has 7 nitrogen and oxygen atoms in total. The van der Waals surface area contributed by atoms with Crippen molar-refractivity contribution in [2.75, 3.05) is 0 Å². The van der Waals surface area contributed by atoms with Crippen molar-refractivity contribution in [1.29, 1.82) is 5.26 Å². The second-order valence-corrected chi connectivity index (χ2v) is 4.92. The van der Waals surface area contributed by atoms with Crippen LogP contribution < -0.4 is 0 Å². The third-order valence-electron chi connectivity index (χ3n) is 3.40.